The van der Waals surface area contributed by atoms with E-state index in [-0.39, 0.29) is 0 Å². The summed E-state index contributed by atoms with van der Waals surface area (Å²) in [4.78, 5) is 0. The van der Waals surface area contributed by atoms with E-state index in [0.29, 0.717) is 5.82 Å². The first-order valence-corrected chi connectivity index (χ1v) is 4.94. The van der Waals surface area contributed by atoms with Crippen molar-refractivity contribution in [3.05, 3.63) is 35.9 Å². The molecule has 0 amide bonds. The van der Waals surface area contributed by atoms with Crippen molar-refractivity contribution in [1.29, 1.82) is 0 Å². The highest BCUT2D eigenvalue weighted by Crippen LogP contribution is 2.06. The number of rotatable bonds is 5. The molecule has 0 radical (unpaired) electrons. The second-order valence-corrected chi connectivity index (χ2v) is 3.51. The second kappa shape index (κ2) is 5.87. The molecular formula is C10H16B2O. The third-order valence-electron chi connectivity index (χ3n) is 2.21. The Bertz CT molecular complexity index is 226. The van der Waals surface area contributed by atoms with Crippen molar-refractivity contribution in [3.63, 3.8) is 0 Å². The second-order valence-electron chi connectivity index (χ2n) is 3.51. The normalized spacial score (nSPS) is 12.6. The Morgan fingerprint density at radius 2 is 1.92 bits per heavy atom. The van der Waals surface area contributed by atoms with Gasteiger partial charge in [0.1, 0.15) is 15.7 Å². The van der Waals surface area contributed by atoms with Crippen molar-refractivity contribution in [2.45, 2.75) is 18.7 Å². The van der Waals surface area contributed by atoms with Gasteiger partial charge in [-0.25, -0.2) is 0 Å². The van der Waals surface area contributed by atoms with Crippen LogP contribution in [0.25, 0.3) is 0 Å². The maximum absolute atomic E-state index is 5.57. The quantitative estimate of drug-likeness (QED) is 0.596. The van der Waals surface area contributed by atoms with E-state index in [0.717, 1.165) is 13.2 Å². The van der Waals surface area contributed by atoms with Crippen molar-refractivity contribution >= 4 is 15.7 Å². The molecule has 13 heavy (non-hydrogen) atoms. The summed E-state index contributed by atoms with van der Waals surface area (Å²) in [6, 6.07) is 10.3. The highest BCUT2D eigenvalue weighted by atomic mass is 16.5. The number of hydrogen-bond donors (Lipinski definition) is 0. The first-order chi connectivity index (χ1) is 6.33. The zero-order valence-corrected chi connectivity index (χ0v) is 8.49. The van der Waals surface area contributed by atoms with Crippen LogP contribution in [0.5, 0.6) is 0 Å². The summed E-state index contributed by atoms with van der Waals surface area (Å²) in [5, 5.41) is 0. The molecule has 0 aliphatic rings. The lowest BCUT2D eigenvalue weighted by Gasteiger charge is -2.08. The molecule has 0 heterocycles. The van der Waals surface area contributed by atoms with Gasteiger partial charge in [0.05, 0.1) is 6.61 Å². The third-order valence-corrected chi connectivity index (χ3v) is 2.21. The summed E-state index contributed by atoms with van der Waals surface area (Å²) >= 11 is 0. The third kappa shape index (κ3) is 4.18. The first-order valence-electron chi connectivity index (χ1n) is 4.94. The lowest BCUT2D eigenvalue weighted by Crippen LogP contribution is -2.03. The minimum absolute atomic E-state index is 0.670. The molecule has 0 N–H and O–H groups in total. The van der Waals surface area contributed by atoms with E-state index in [1.54, 1.807) is 0 Å². The summed E-state index contributed by atoms with van der Waals surface area (Å²) in [6.45, 7) is 1.61. The van der Waals surface area contributed by atoms with Crippen LogP contribution in [0.15, 0.2) is 30.3 Å². The minimum Gasteiger partial charge on any atom is -0.377 e. The van der Waals surface area contributed by atoms with Gasteiger partial charge in [-0.3, -0.25) is 0 Å². The average Bonchev–Trinajstić information content (AvgIpc) is 2.19. The fourth-order valence-corrected chi connectivity index (χ4v) is 1.07. The van der Waals surface area contributed by atoms with Gasteiger partial charge < -0.3 is 4.74 Å². The molecule has 3 heteroatoms. The molecule has 0 saturated heterocycles. The summed E-state index contributed by atoms with van der Waals surface area (Å²) in [7, 11) is 4.40. The van der Waals surface area contributed by atoms with E-state index in [9.17, 15) is 0 Å². The molecule has 0 aliphatic carbocycles. The molecular weight excluding hydrogens is 158 g/mol. The van der Waals surface area contributed by atoms with Crippen LogP contribution < -0.4 is 0 Å². The van der Waals surface area contributed by atoms with E-state index < -0.39 is 0 Å². The van der Waals surface area contributed by atoms with E-state index in [2.05, 4.69) is 27.8 Å². The maximum Gasteiger partial charge on any atom is 0.107 e. The zero-order chi connectivity index (χ0) is 9.52. The Labute approximate surface area is 82.3 Å². The molecule has 1 aromatic carbocycles. The SMILES string of the molecule is BCC(B)COCc1ccccc1. The van der Waals surface area contributed by atoms with Gasteiger partial charge in [-0.1, -0.05) is 42.5 Å². The van der Waals surface area contributed by atoms with Crippen LogP contribution in [-0.4, -0.2) is 22.3 Å². The van der Waals surface area contributed by atoms with Crippen molar-refractivity contribution < 1.29 is 4.74 Å². The molecule has 0 aromatic heterocycles. The van der Waals surface area contributed by atoms with Crippen molar-refractivity contribution in [2.75, 3.05) is 6.61 Å². The highest BCUT2D eigenvalue weighted by Gasteiger charge is 1.98. The zero-order valence-electron chi connectivity index (χ0n) is 8.49. The van der Waals surface area contributed by atoms with E-state index >= 15 is 0 Å². The van der Waals surface area contributed by atoms with E-state index in [4.69, 9.17) is 4.74 Å². The fourth-order valence-electron chi connectivity index (χ4n) is 1.07. The molecule has 1 rings (SSSR count). The van der Waals surface area contributed by atoms with Crippen LogP contribution in [0, 0.1) is 0 Å². The average molecular weight is 174 g/mol. The Kier molecular flexibility index (Phi) is 4.69. The van der Waals surface area contributed by atoms with Gasteiger partial charge in [-0.05, 0) is 5.56 Å². The Hall–Kier alpha value is -0.690. The molecule has 1 nitrogen and oxygen atoms in total. The Morgan fingerprint density at radius 1 is 1.23 bits per heavy atom. The van der Waals surface area contributed by atoms with Crippen molar-refractivity contribution in [3.8, 4) is 0 Å². The molecule has 1 unspecified atom stereocenters. The van der Waals surface area contributed by atoms with Gasteiger partial charge >= 0.3 is 0 Å². The van der Waals surface area contributed by atoms with Gasteiger partial charge in [0, 0.05) is 6.61 Å². The van der Waals surface area contributed by atoms with Crippen LogP contribution >= 0.6 is 0 Å². The van der Waals surface area contributed by atoms with Gasteiger partial charge in [-0.15, -0.1) is 0 Å². The summed E-state index contributed by atoms with van der Waals surface area (Å²) in [5.41, 5.74) is 1.26. The highest BCUT2D eigenvalue weighted by molar-refractivity contribution is 6.19. The molecule has 1 atom stereocenters. The predicted molar refractivity (Wildman–Crippen MR) is 61.7 cm³/mol. The molecule has 0 spiro atoms. The molecule has 68 valence electrons. The summed E-state index contributed by atoms with van der Waals surface area (Å²) in [5.74, 6) is 0.670. The van der Waals surface area contributed by atoms with Crippen LogP contribution in [0.3, 0.4) is 0 Å². The van der Waals surface area contributed by atoms with Crippen LogP contribution in [0.2, 0.25) is 12.1 Å². The number of benzene rings is 1. The van der Waals surface area contributed by atoms with Crippen molar-refractivity contribution in [2.24, 2.45) is 0 Å². The molecule has 0 fully saturated rings. The van der Waals surface area contributed by atoms with Crippen LogP contribution in [-0.2, 0) is 11.3 Å². The monoisotopic (exact) mass is 174 g/mol. The lowest BCUT2D eigenvalue weighted by molar-refractivity contribution is 0.122. The summed E-state index contributed by atoms with van der Waals surface area (Å²) < 4.78 is 5.57. The maximum atomic E-state index is 5.57. The standard InChI is InChI=1S/C10H16B2O/c11-6-10(12)8-13-7-9-4-2-1-3-5-9/h1-5,10H,6-8,11-12H2. The van der Waals surface area contributed by atoms with Gasteiger partial charge in [0.2, 0.25) is 0 Å². The number of hydrogen-bond acceptors (Lipinski definition) is 1. The molecule has 0 aliphatic heterocycles. The van der Waals surface area contributed by atoms with E-state index in [1.165, 1.54) is 11.9 Å². The van der Waals surface area contributed by atoms with Gasteiger partial charge in [-0.2, -0.15) is 0 Å². The predicted octanol–water partition coefficient (Wildman–Crippen LogP) is 0.676. The minimum atomic E-state index is 0.670. The fraction of sp³-hybridized carbons (Fsp3) is 0.400. The van der Waals surface area contributed by atoms with Crippen LogP contribution in [0.1, 0.15) is 5.56 Å². The van der Waals surface area contributed by atoms with E-state index in [1.807, 2.05) is 18.2 Å². The van der Waals surface area contributed by atoms with Gasteiger partial charge in [0.25, 0.3) is 0 Å². The Balaban J connectivity index is 2.20. The molecule has 0 saturated carbocycles. The molecule has 1 aromatic rings. The van der Waals surface area contributed by atoms with Gasteiger partial charge in [0.15, 0.2) is 0 Å². The Morgan fingerprint density at radius 3 is 2.54 bits per heavy atom. The van der Waals surface area contributed by atoms with Crippen LogP contribution in [0.4, 0.5) is 0 Å². The largest absolute Gasteiger partial charge is 0.377 e. The first kappa shape index (κ1) is 10.4. The lowest BCUT2D eigenvalue weighted by atomic mass is 9.78. The topological polar surface area (TPSA) is 9.23 Å². The van der Waals surface area contributed by atoms with Crippen molar-refractivity contribution in [1.82, 2.24) is 0 Å². The smallest absolute Gasteiger partial charge is 0.107 e. The number of ether oxygens (including phenoxy) is 1. The summed E-state index contributed by atoms with van der Waals surface area (Å²) in [6.07, 6.45) is 1.19. The molecule has 0 bridgehead atoms.